The van der Waals surface area contributed by atoms with Gasteiger partial charge in [0.1, 0.15) is 18.9 Å². The van der Waals surface area contributed by atoms with Gasteiger partial charge in [-0.1, -0.05) is 36.4 Å². The average molecular weight is 475 g/mol. The first-order chi connectivity index (χ1) is 16.2. The molecule has 0 bridgehead atoms. The molecule has 3 rings (SSSR count). The van der Waals surface area contributed by atoms with Crippen LogP contribution in [0.3, 0.4) is 0 Å². The molecular formula is C24H24F3N3O4. The van der Waals surface area contributed by atoms with Crippen LogP contribution in [0, 0.1) is 0 Å². The molecule has 0 fully saturated rings. The number of nitrogens with one attached hydrogen (secondary N) is 2. The highest BCUT2D eigenvalue weighted by Gasteiger charge is 2.65. The summed E-state index contributed by atoms with van der Waals surface area (Å²) in [5.74, 6) is -2.97. The minimum Gasteiger partial charge on any atom is -0.489 e. The number of carbonyl (C=O) groups excluding carboxylic acids is 2. The monoisotopic (exact) mass is 475 g/mol. The van der Waals surface area contributed by atoms with Gasteiger partial charge in [0.2, 0.25) is 0 Å². The lowest BCUT2D eigenvalue weighted by molar-refractivity contribution is -0.198. The number of ether oxygens (including phenoxy) is 2. The molecular weight excluding hydrogens is 451 g/mol. The van der Waals surface area contributed by atoms with E-state index in [0.29, 0.717) is 16.7 Å². The van der Waals surface area contributed by atoms with Crippen LogP contribution in [-0.4, -0.2) is 41.7 Å². The summed E-state index contributed by atoms with van der Waals surface area (Å²) >= 11 is 0. The molecule has 1 aliphatic heterocycles. The number of allylic oxidation sites excluding steroid dienone is 2. The number of esters is 1. The number of dihydropyridines is 1. The quantitative estimate of drug-likeness (QED) is 0.569. The van der Waals surface area contributed by atoms with E-state index in [1.54, 1.807) is 49.4 Å². The summed E-state index contributed by atoms with van der Waals surface area (Å²) in [6.45, 7) is 2.08. The molecule has 1 amide bonds. The van der Waals surface area contributed by atoms with Crippen molar-refractivity contribution in [2.24, 2.45) is 0 Å². The van der Waals surface area contributed by atoms with Crippen molar-refractivity contribution in [3.63, 3.8) is 0 Å². The molecule has 10 heteroatoms. The van der Waals surface area contributed by atoms with Crippen LogP contribution in [0.2, 0.25) is 0 Å². The van der Waals surface area contributed by atoms with Crippen LogP contribution in [0.25, 0.3) is 5.57 Å². The molecule has 0 spiro atoms. The van der Waals surface area contributed by atoms with Crippen molar-refractivity contribution in [3.05, 3.63) is 83.5 Å². The Morgan fingerprint density at radius 1 is 1.15 bits per heavy atom. The van der Waals surface area contributed by atoms with Gasteiger partial charge in [0.15, 0.2) is 0 Å². The smallest absolute Gasteiger partial charge is 0.428 e. The lowest BCUT2D eigenvalue weighted by Gasteiger charge is -2.40. The third kappa shape index (κ3) is 5.05. The molecule has 7 nitrogen and oxygen atoms in total. The number of carbonyl (C=O) groups is 2. The second-order valence-electron chi connectivity index (χ2n) is 7.41. The summed E-state index contributed by atoms with van der Waals surface area (Å²) < 4.78 is 54.2. The standard InChI is InChI=1S/C24H24F3N3O4/c1-3-33-20(31)14-29-22(32)23(24(25,26)27)21(34-15-17-8-5-4-6-9-17)16(2)19(13-30-23)18-10-7-11-28-12-18/h4-13,30H,3,14-15H2,1-2H3,(H,29,32). The van der Waals surface area contributed by atoms with Crippen molar-refractivity contribution in [2.75, 3.05) is 13.2 Å². The fraction of sp³-hybridized carbons (Fsp3) is 0.292. The molecule has 180 valence electrons. The van der Waals surface area contributed by atoms with Gasteiger partial charge in [-0.15, -0.1) is 0 Å². The number of benzene rings is 1. The van der Waals surface area contributed by atoms with E-state index in [9.17, 15) is 22.8 Å². The Labute approximate surface area is 194 Å². The van der Waals surface area contributed by atoms with Crippen LogP contribution in [0.5, 0.6) is 0 Å². The maximum atomic E-state index is 14.6. The van der Waals surface area contributed by atoms with E-state index < -0.39 is 35.9 Å². The van der Waals surface area contributed by atoms with Gasteiger partial charge in [0.25, 0.3) is 11.4 Å². The van der Waals surface area contributed by atoms with Gasteiger partial charge >= 0.3 is 12.1 Å². The van der Waals surface area contributed by atoms with E-state index >= 15 is 0 Å². The third-order valence-corrected chi connectivity index (χ3v) is 5.18. The van der Waals surface area contributed by atoms with E-state index in [-0.39, 0.29) is 18.8 Å². The second kappa shape index (κ2) is 10.4. The van der Waals surface area contributed by atoms with Crippen molar-refractivity contribution >= 4 is 17.4 Å². The van der Waals surface area contributed by atoms with Crippen LogP contribution >= 0.6 is 0 Å². The van der Waals surface area contributed by atoms with Crippen LogP contribution in [0.1, 0.15) is 25.0 Å². The van der Waals surface area contributed by atoms with E-state index in [2.05, 4.69) is 10.3 Å². The van der Waals surface area contributed by atoms with Gasteiger partial charge in [0, 0.05) is 29.7 Å². The zero-order chi connectivity index (χ0) is 24.8. The van der Waals surface area contributed by atoms with Crippen molar-refractivity contribution < 1.29 is 32.2 Å². The Bertz CT molecular complexity index is 1090. The van der Waals surface area contributed by atoms with Crippen molar-refractivity contribution in [2.45, 2.75) is 32.2 Å². The predicted molar refractivity (Wildman–Crippen MR) is 118 cm³/mol. The topological polar surface area (TPSA) is 89.5 Å². The fourth-order valence-electron chi connectivity index (χ4n) is 3.53. The molecule has 1 aromatic heterocycles. The molecule has 34 heavy (non-hydrogen) atoms. The Balaban J connectivity index is 2.05. The van der Waals surface area contributed by atoms with Gasteiger partial charge in [-0.25, -0.2) is 0 Å². The second-order valence-corrected chi connectivity index (χ2v) is 7.41. The number of hydrogen-bond donors (Lipinski definition) is 2. The maximum Gasteiger partial charge on any atom is 0.428 e. The predicted octanol–water partition coefficient (Wildman–Crippen LogP) is 3.50. The first-order valence-electron chi connectivity index (χ1n) is 10.5. The Morgan fingerprint density at radius 2 is 1.88 bits per heavy atom. The van der Waals surface area contributed by atoms with E-state index in [1.807, 2.05) is 5.32 Å². The van der Waals surface area contributed by atoms with Gasteiger partial charge in [-0.05, 0) is 31.1 Å². The highest BCUT2D eigenvalue weighted by molar-refractivity contribution is 5.96. The summed E-state index contributed by atoms with van der Waals surface area (Å²) in [7, 11) is 0. The molecule has 1 atom stereocenters. The van der Waals surface area contributed by atoms with Crippen molar-refractivity contribution in [3.8, 4) is 0 Å². The Hall–Kier alpha value is -3.82. The van der Waals surface area contributed by atoms with Gasteiger partial charge < -0.3 is 20.1 Å². The lowest BCUT2D eigenvalue weighted by Crippen LogP contribution is -2.67. The Kier molecular flexibility index (Phi) is 7.60. The summed E-state index contributed by atoms with van der Waals surface area (Å²) in [6, 6.07) is 11.9. The average Bonchev–Trinajstić information content (AvgIpc) is 2.82. The van der Waals surface area contributed by atoms with E-state index in [4.69, 9.17) is 9.47 Å². The van der Waals surface area contributed by atoms with Gasteiger partial charge in [0.05, 0.1) is 6.61 Å². The van der Waals surface area contributed by atoms with Crippen LogP contribution in [-0.2, 0) is 25.7 Å². The summed E-state index contributed by atoms with van der Waals surface area (Å²) in [4.78, 5) is 28.7. The molecule has 0 saturated carbocycles. The van der Waals surface area contributed by atoms with E-state index in [0.717, 1.165) is 6.20 Å². The van der Waals surface area contributed by atoms with Crippen molar-refractivity contribution in [1.82, 2.24) is 15.6 Å². The largest absolute Gasteiger partial charge is 0.489 e. The minimum atomic E-state index is -5.12. The van der Waals surface area contributed by atoms with Gasteiger partial charge in [-0.2, -0.15) is 13.2 Å². The first kappa shape index (κ1) is 24.8. The van der Waals surface area contributed by atoms with Crippen molar-refractivity contribution in [1.29, 1.82) is 0 Å². The van der Waals surface area contributed by atoms with Gasteiger partial charge in [-0.3, -0.25) is 14.6 Å². The normalized spacial score (nSPS) is 18.0. The molecule has 0 saturated heterocycles. The molecule has 2 aromatic rings. The SMILES string of the molecule is CCOC(=O)CNC(=O)C1(C(F)(F)F)NC=C(c2cccnc2)C(C)=C1OCc1ccccc1. The van der Waals surface area contributed by atoms with Crippen LogP contribution < -0.4 is 10.6 Å². The molecule has 2 N–H and O–H groups in total. The molecule has 1 unspecified atom stereocenters. The number of rotatable bonds is 8. The third-order valence-electron chi connectivity index (χ3n) is 5.18. The highest BCUT2D eigenvalue weighted by atomic mass is 19.4. The number of nitrogens with zero attached hydrogens (tertiary/aromatic N) is 1. The summed E-state index contributed by atoms with van der Waals surface area (Å²) in [6.07, 6.45) is -0.975. The minimum absolute atomic E-state index is 0.0268. The van der Waals surface area contributed by atoms with E-state index in [1.165, 1.54) is 19.3 Å². The Morgan fingerprint density at radius 3 is 2.50 bits per heavy atom. The zero-order valence-corrected chi connectivity index (χ0v) is 18.6. The number of amides is 1. The number of alkyl halides is 3. The molecule has 1 aliphatic rings. The number of aromatic nitrogens is 1. The van der Waals surface area contributed by atoms with Crippen LogP contribution in [0.4, 0.5) is 13.2 Å². The van der Waals surface area contributed by atoms with Crippen LogP contribution in [0.15, 0.2) is 72.4 Å². The lowest BCUT2D eigenvalue weighted by atomic mass is 9.85. The zero-order valence-electron chi connectivity index (χ0n) is 18.6. The number of halogens is 3. The maximum absolute atomic E-state index is 14.6. The summed E-state index contributed by atoms with van der Waals surface area (Å²) in [5, 5.41) is 4.27. The first-order valence-corrected chi connectivity index (χ1v) is 10.5. The molecule has 2 heterocycles. The number of pyridine rings is 1. The molecule has 0 radical (unpaired) electrons. The molecule has 1 aromatic carbocycles. The number of hydrogen-bond acceptors (Lipinski definition) is 6. The highest BCUT2D eigenvalue weighted by Crippen LogP contribution is 2.44. The summed E-state index contributed by atoms with van der Waals surface area (Å²) in [5.41, 5.74) is -1.62. The molecule has 0 aliphatic carbocycles. The fourth-order valence-corrected chi connectivity index (χ4v) is 3.53.